The van der Waals surface area contributed by atoms with Gasteiger partial charge in [0, 0.05) is 6.54 Å². The van der Waals surface area contributed by atoms with Crippen LogP contribution in [0.15, 0.2) is 40.8 Å². The van der Waals surface area contributed by atoms with Crippen molar-refractivity contribution in [2.45, 2.75) is 20.3 Å². The van der Waals surface area contributed by atoms with Crippen molar-refractivity contribution in [1.29, 1.82) is 0 Å². The van der Waals surface area contributed by atoms with Gasteiger partial charge in [0.1, 0.15) is 0 Å². The Bertz CT molecular complexity index is 893. The molecule has 0 saturated carbocycles. The lowest BCUT2D eigenvalue weighted by Crippen LogP contribution is -2.31. The summed E-state index contributed by atoms with van der Waals surface area (Å²) >= 11 is 1.50. The molecule has 3 rings (SSSR count). The third-order valence-corrected chi connectivity index (χ3v) is 5.00. The summed E-state index contributed by atoms with van der Waals surface area (Å²) < 4.78 is 6.66. The fourth-order valence-electron chi connectivity index (χ4n) is 2.24. The van der Waals surface area contributed by atoms with Crippen molar-refractivity contribution in [3.8, 4) is 10.8 Å². The Morgan fingerprint density at radius 2 is 2.00 bits per heavy atom. The molecule has 0 aliphatic carbocycles. The molecule has 2 N–H and O–H groups in total. The van der Waals surface area contributed by atoms with E-state index in [1.807, 2.05) is 24.3 Å². The average molecular weight is 358 g/mol. The molecule has 2 aromatic heterocycles. The molecule has 0 bridgehead atoms. The number of amides is 1. The number of nitrogens with one attached hydrogen (secondary N) is 1. The van der Waals surface area contributed by atoms with Gasteiger partial charge in [-0.3, -0.25) is 9.59 Å². The molecule has 0 atom stereocenters. The van der Waals surface area contributed by atoms with E-state index in [1.165, 1.54) is 11.3 Å². The van der Waals surface area contributed by atoms with E-state index in [9.17, 15) is 9.59 Å². The van der Waals surface area contributed by atoms with Crippen LogP contribution in [-0.4, -0.2) is 28.5 Å². The van der Waals surface area contributed by atoms with Crippen molar-refractivity contribution in [2.24, 2.45) is 5.41 Å². The van der Waals surface area contributed by atoms with E-state index in [4.69, 9.17) is 9.52 Å². The first-order valence-electron chi connectivity index (χ1n) is 7.84. The van der Waals surface area contributed by atoms with Crippen LogP contribution in [0.3, 0.4) is 0 Å². The van der Waals surface area contributed by atoms with Crippen LogP contribution in [0.1, 0.15) is 30.8 Å². The molecule has 0 saturated heterocycles. The second-order valence-corrected chi connectivity index (χ2v) is 7.38. The number of carbonyl (C=O) groups is 2. The van der Waals surface area contributed by atoms with Gasteiger partial charge in [0.15, 0.2) is 16.5 Å². The average Bonchev–Trinajstić information content (AvgIpc) is 3.21. The smallest absolute Gasteiger partial charge is 0.309 e. The molecule has 6 nitrogen and oxygen atoms in total. The highest BCUT2D eigenvalue weighted by atomic mass is 32.1. The maximum atomic E-state index is 12.1. The number of carboxylic acids is 1. The van der Waals surface area contributed by atoms with Crippen LogP contribution in [-0.2, 0) is 4.79 Å². The number of hydrogen-bond donors (Lipinski definition) is 2. The predicted octanol–water partition coefficient (Wildman–Crippen LogP) is 3.79. The summed E-state index contributed by atoms with van der Waals surface area (Å²) in [4.78, 5) is 27.7. The molecule has 0 aliphatic heterocycles. The van der Waals surface area contributed by atoms with Crippen LogP contribution in [0.5, 0.6) is 0 Å². The Hall–Kier alpha value is -2.67. The number of aliphatic carboxylic acids is 1. The molecule has 0 aliphatic rings. The van der Waals surface area contributed by atoms with Gasteiger partial charge in [-0.2, -0.15) is 0 Å². The van der Waals surface area contributed by atoms with Crippen molar-refractivity contribution >= 4 is 33.4 Å². The fourth-order valence-corrected chi connectivity index (χ4v) is 3.16. The van der Waals surface area contributed by atoms with Crippen LogP contribution in [0.2, 0.25) is 0 Å². The molecule has 25 heavy (non-hydrogen) atoms. The zero-order valence-corrected chi connectivity index (χ0v) is 14.7. The van der Waals surface area contributed by atoms with Crippen LogP contribution in [0.25, 0.3) is 21.0 Å². The Balaban J connectivity index is 1.66. The highest BCUT2D eigenvalue weighted by Gasteiger charge is 2.26. The number of aromatic nitrogens is 1. The van der Waals surface area contributed by atoms with Gasteiger partial charge in [0.05, 0.1) is 15.6 Å². The molecule has 1 amide bonds. The number of hydrogen-bond acceptors (Lipinski definition) is 5. The molecule has 0 spiro atoms. The quantitative estimate of drug-likeness (QED) is 0.699. The van der Waals surface area contributed by atoms with Crippen molar-refractivity contribution < 1.29 is 19.1 Å². The van der Waals surface area contributed by atoms with Crippen LogP contribution < -0.4 is 5.32 Å². The summed E-state index contributed by atoms with van der Waals surface area (Å²) in [6.45, 7) is 3.51. The Kier molecular flexibility index (Phi) is 4.59. The second-order valence-electron chi connectivity index (χ2n) is 6.35. The van der Waals surface area contributed by atoms with Crippen LogP contribution in [0.4, 0.5) is 0 Å². The molecule has 0 unspecified atom stereocenters. The number of furan rings is 1. The van der Waals surface area contributed by atoms with E-state index in [0.717, 1.165) is 10.2 Å². The van der Waals surface area contributed by atoms with Crippen molar-refractivity contribution in [2.75, 3.05) is 6.54 Å². The number of fused-ring (bicyclic) bond motifs is 1. The molecular weight excluding hydrogens is 340 g/mol. The number of thiazole rings is 1. The van der Waals surface area contributed by atoms with E-state index in [-0.39, 0.29) is 18.2 Å². The largest absolute Gasteiger partial charge is 0.481 e. The Morgan fingerprint density at radius 3 is 2.72 bits per heavy atom. The predicted molar refractivity (Wildman–Crippen MR) is 95.7 cm³/mol. The molecule has 7 heteroatoms. The first kappa shape index (κ1) is 17.2. The molecule has 3 aromatic rings. The number of benzene rings is 1. The number of carboxylic acid groups (broad SMARTS) is 1. The fraction of sp³-hybridized carbons (Fsp3) is 0.278. The van der Waals surface area contributed by atoms with E-state index < -0.39 is 11.4 Å². The lowest BCUT2D eigenvalue weighted by molar-refractivity contribution is -0.147. The Morgan fingerprint density at radius 1 is 1.24 bits per heavy atom. The maximum Gasteiger partial charge on any atom is 0.309 e. The molecular formula is C18H18N2O4S. The first-order chi connectivity index (χ1) is 11.9. The van der Waals surface area contributed by atoms with Crippen LogP contribution >= 0.6 is 11.3 Å². The van der Waals surface area contributed by atoms with Gasteiger partial charge in [0.25, 0.3) is 5.91 Å². The Labute approximate surface area is 148 Å². The lowest BCUT2D eigenvalue weighted by atomic mass is 9.90. The van der Waals surface area contributed by atoms with Gasteiger partial charge in [-0.05, 0) is 44.5 Å². The number of rotatable bonds is 6. The summed E-state index contributed by atoms with van der Waals surface area (Å²) in [6, 6.07) is 11.1. The second kappa shape index (κ2) is 6.68. The van der Waals surface area contributed by atoms with Gasteiger partial charge in [-0.25, -0.2) is 4.98 Å². The normalized spacial score (nSPS) is 11.6. The minimum Gasteiger partial charge on any atom is -0.481 e. The zero-order chi connectivity index (χ0) is 18.0. The van der Waals surface area contributed by atoms with Gasteiger partial charge >= 0.3 is 5.97 Å². The standard InChI is InChI=1S/C18H18N2O4S/c1-18(2,17(22)23)9-10-19-15(21)12-7-8-13(24-12)16-20-11-5-3-4-6-14(11)25-16/h3-8H,9-10H2,1-2H3,(H,19,21)(H,22,23). The molecule has 0 radical (unpaired) electrons. The van der Waals surface area contributed by atoms with Crippen LogP contribution in [0, 0.1) is 5.41 Å². The first-order valence-corrected chi connectivity index (χ1v) is 8.66. The number of para-hydroxylation sites is 1. The maximum absolute atomic E-state index is 12.1. The van der Waals surface area contributed by atoms with Gasteiger partial charge in [-0.15, -0.1) is 11.3 Å². The number of carbonyl (C=O) groups excluding carboxylic acids is 1. The highest BCUT2D eigenvalue weighted by Crippen LogP contribution is 2.31. The van der Waals surface area contributed by atoms with Gasteiger partial charge < -0.3 is 14.8 Å². The van der Waals surface area contributed by atoms with E-state index >= 15 is 0 Å². The molecule has 2 heterocycles. The summed E-state index contributed by atoms with van der Waals surface area (Å²) in [5.41, 5.74) is 0.00332. The van der Waals surface area contributed by atoms with Gasteiger partial charge in [-0.1, -0.05) is 12.1 Å². The summed E-state index contributed by atoms with van der Waals surface area (Å²) in [5, 5.41) is 12.5. The topological polar surface area (TPSA) is 92.4 Å². The number of nitrogens with zero attached hydrogens (tertiary/aromatic N) is 1. The highest BCUT2D eigenvalue weighted by molar-refractivity contribution is 7.21. The monoisotopic (exact) mass is 358 g/mol. The van der Waals surface area contributed by atoms with E-state index in [1.54, 1.807) is 26.0 Å². The summed E-state index contributed by atoms with van der Waals surface area (Å²) in [6.07, 6.45) is 0.333. The molecule has 0 fully saturated rings. The minimum atomic E-state index is -0.891. The van der Waals surface area contributed by atoms with Crippen molar-refractivity contribution in [3.63, 3.8) is 0 Å². The third-order valence-electron chi connectivity index (χ3n) is 3.95. The summed E-state index contributed by atoms with van der Waals surface area (Å²) in [5.74, 6) is -0.536. The van der Waals surface area contributed by atoms with Crippen molar-refractivity contribution in [1.82, 2.24) is 10.3 Å². The SMILES string of the molecule is CC(C)(CCNC(=O)c1ccc(-c2nc3ccccc3s2)o1)C(=O)O. The minimum absolute atomic E-state index is 0.183. The summed E-state index contributed by atoms with van der Waals surface area (Å²) in [7, 11) is 0. The zero-order valence-electron chi connectivity index (χ0n) is 13.9. The molecule has 1 aromatic carbocycles. The molecule has 130 valence electrons. The third kappa shape index (κ3) is 3.71. The lowest BCUT2D eigenvalue weighted by Gasteiger charge is -2.18. The van der Waals surface area contributed by atoms with E-state index in [0.29, 0.717) is 17.2 Å². The van der Waals surface area contributed by atoms with Crippen molar-refractivity contribution in [3.05, 3.63) is 42.2 Å². The van der Waals surface area contributed by atoms with Gasteiger partial charge in [0.2, 0.25) is 0 Å². The van der Waals surface area contributed by atoms with E-state index in [2.05, 4.69) is 10.3 Å².